The molecule has 0 aromatic heterocycles. The van der Waals surface area contributed by atoms with Crippen LogP contribution in [-0.2, 0) is 0 Å². The molecule has 17 heavy (non-hydrogen) atoms. The first-order valence-corrected chi connectivity index (χ1v) is 6.29. The second kappa shape index (κ2) is 7.17. The van der Waals surface area contributed by atoms with Gasteiger partial charge in [0, 0.05) is 6.04 Å². The van der Waals surface area contributed by atoms with Crippen molar-refractivity contribution >= 4 is 0 Å². The molecular formula is C14H23NO2. The van der Waals surface area contributed by atoms with Crippen molar-refractivity contribution in [1.29, 1.82) is 0 Å². The molecule has 3 nitrogen and oxygen atoms in total. The van der Waals surface area contributed by atoms with Gasteiger partial charge in [0.25, 0.3) is 0 Å². The minimum atomic E-state index is 0.0645. The third-order valence-electron chi connectivity index (χ3n) is 2.96. The molecule has 0 aliphatic rings. The quantitative estimate of drug-likeness (QED) is 0.793. The molecule has 0 amide bonds. The molecule has 0 bridgehead atoms. The van der Waals surface area contributed by atoms with E-state index in [2.05, 4.69) is 13.8 Å². The predicted molar refractivity (Wildman–Crippen MR) is 70.5 cm³/mol. The Hall–Kier alpha value is -1.22. The van der Waals surface area contributed by atoms with Gasteiger partial charge in [-0.05, 0) is 25.0 Å². The lowest BCUT2D eigenvalue weighted by molar-refractivity contribution is 0.234. The van der Waals surface area contributed by atoms with Gasteiger partial charge in [0.2, 0.25) is 0 Å². The largest absolute Gasteiger partial charge is 0.490 e. The normalized spacial score (nSPS) is 14.1. The molecule has 96 valence electrons. The average Bonchev–Trinajstić information content (AvgIpc) is 2.36. The highest BCUT2D eigenvalue weighted by atomic mass is 16.5. The highest BCUT2D eigenvalue weighted by molar-refractivity contribution is 5.39. The average molecular weight is 237 g/mol. The zero-order chi connectivity index (χ0) is 12.7. The Labute approximate surface area is 104 Å². The summed E-state index contributed by atoms with van der Waals surface area (Å²) in [4.78, 5) is 0. The first-order valence-electron chi connectivity index (χ1n) is 6.29. The summed E-state index contributed by atoms with van der Waals surface area (Å²) in [5.74, 6) is 2.02. The second-order valence-corrected chi connectivity index (χ2v) is 4.24. The van der Waals surface area contributed by atoms with Crippen LogP contribution in [0.2, 0.25) is 0 Å². The van der Waals surface area contributed by atoms with Crippen LogP contribution >= 0.6 is 0 Å². The van der Waals surface area contributed by atoms with Gasteiger partial charge >= 0.3 is 0 Å². The van der Waals surface area contributed by atoms with E-state index in [0.29, 0.717) is 19.1 Å². The molecule has 0 radical (unpaired) electrons. The lowest BCUT2D eigenvalue weighted by Crippen LogP contribution is -2.34. The third kappa shape index (κ3) is 4.27. The molecule has 0 spiro atoms. The van der Waals surface area contributed by atoms with Crippen LogP contribution in [0.3, 0.4) is 0 Å². The Morgan fingerprint density at radius 2 is 1.71 bits per heavy atom. The molecular weight excluding hydrogens is 214 g/mol. The number of nitrogens with two attached hydrogens (primary N) is 1. The van der Waals surface area contributed by atoms with E-state index >= 15 is 0 Å². The molecule has 0 aliphatic carbocycles. The lowest BCUT2D eigenvalue weighted by atomic mass is 10.0. The fourth-order valence-corrected chi connectivity index (χ4v) is 1.50. The summed E-state index contributed by atoms with van der Waals surface area (Å²) >= 11 is 0. The maximum Gasteiger partial charge on any atom is 0.161 e. The SMILES string of the molecule is CCOc1ccccc1OCC(N)C(C)CC. The molecule has 2 atom stereocenters. The summed E-state index contributed by atoms with van der Waals surface area (Å²) < 4.78 is 11.2. The summed E-state index contributed by atoms with van der Waals surface area (Å²) in [5.41, 5.74) is 6.03. The van der Waals surface area contributed by atoms with Crippen LogP contribution in [0.25, 0.3) is 0 Å². The highest BCUT2D eigenvalue weighted by Crippen LogP contribution is 2.26. The molecule has 1 aromatic carbocycles. The monoisotopic (exact) mass is 237 g/mol. The molecule has 2 unspecified atom stereocenters. The molecule has 0 heterocycles. The number of benzene rings is 1. The van der Waals surface area contributed by atoms with Crippen molar-refractivity contribution in [1.82, 2.24) is 0 Å². The van der Waals surface area contributed by atoms with E-state index < -0.39 is 0 Å². The Kier molecular flexibility index (Phi) is 5.84. The maximum absolute atomic E-state index is 6.03. The predicted octanol–water partition coefficient (Wildman–Crippen LogP) is 2.84. The van der Waals surface area contributed by atoms with Gasteiger partial charge in [0.15, 0.2) is 11.5 Å². The summed E-state index contributed by atoms with van der Waals surface area (Å²) in [6.45, 7) is 7.40. The molecule has 2 N–H and O–H groups in total. The van der Waals surface area contributed by atoms with Gasteiger partial charge in [-0.2, -0.15) is 0 Å². The van der Waals surface area contributed by atoms with Crippen LogP contribution in [0.5, 0.6) is 11.5 Å². The topological polar surface area (TPSA) is 44.5 Å². The van der Waals surface area contributed by atoms with E-state index in [1.807, 2.05) is 31.2 Å². The van der Waals surface area contributed by atoms with Crippen molar-refractivity contribution in [2.24, 2.45) is 11.7 Å². The van der Waals surface area contributed by atoms with Gasteiger partial charge in [-0.15, -0.1) is 0 Å². The van der Waals surface area contributed by atoms with Gasteiger partial charge in [0.1, 0.15) is 6.61 Å². The second-order valence-electron chi connectivity index (χ2n) is 4.24. The maximum atomic E-state index is 6.03. The smallest absolute Gasteiger partial charge is 0.161 e. The van der Waals surface area contributed by atoms with Crippen molar-refractivity contribution in [3.8, 4) is 11.5 Å². The van der Waals surface area contributed by atoms with Gasteiger partial charge < -0.3 is 15.2 Å². The fourth-order valence-electron chi connectivity index (χ4n) is 1.50. The van der Waals surface area contributed by atoms with E-state index in [1.165, 1.54) is 0 Å². The summed E-state index contributed by atoms with van der Waals surface area (Å²) in [7, 11) is 0. The minimum Gasteiger partial charge on any atom is -0.490 e. The van der Waals surface area contributed by atoms with Crippen molar-refractivity contribution in [2.75, 3.05) is 13.2 Å². The van der Waals surface area contributed by atoms with Crippen molar-refractivity contribution in [3.05, 3.63) is 24.3 Å². The zero-order valence-corrected chi connectivity index (χ0v) is 11.0. The molecule has 0 aliphatic heterocycles. The van der Waals surface area contributed by atoms with Crippen LogP contribution in [0.1, 0.15) is 27.2 Å². The van der Waals surface area contributed by atoms with Gasteiger partial charge in [-0.3, -0.25) is 0 Å². The van der Waals surface area contributed by atoms with Gasteiger partial charge in [-0.25, -0.2) is 0 Å². The third-order valence-corrected chi connectivity index (χ3v) is 2.96. The minimum absolute atomic E-state index is 0.0645. The molecule has 0 fully saturated rings. The van der Waals surface area contributed by atoms with Crippen molar-refractivity contribution in [3.63, 3.8) is 0 Å². The molecule has 1 rings (SSSR count). The Bertz CT molecular complexity index is 328. The van der Waals surface area contributed by atoms with E-state index in [4.69, 9.17) is 15.2 Å². The zero-order valence-electron chi connectivity index (χ0n) is 11.0. The number of hydrogen-bond donors (Lipinski definition) is 1. The van der Waals surface area contributed by atoms with Gasteiger partial charge in [-0.1, -0.05) is 32.4 Å². The number of rotatable bonds is 7. The van der Waals surface area contributed by atoms with E-state index in [1.54, 1.807) is 0 Å². The van der Waals surface area contributed by atoms with Crippen LogP contribution < -0.4 is 15.2 Å². The Morgan fingerprint density at radius 1 is 1.12 bits per heavy atom. The van der Waals surface area contributed by atoms with Crippen LogP contribution in [0.4, 0.5) is 0 Å². The van der Waals surface area contributed by atoms with E-state index in [-0.39, 0.29) is 6.04 Å². The molecule has 3 heteroatoms. The number of hydrogen-bond acceptors (Lipinski definition) is 3. The summed E-state index contributed by atoms with van der Waals surface area (Å²) in [5, 5.41) is 0. The van der Waals surface area contributed by atoms with E-state index in [0.717, 1.165) is 17.9 Å². The van der Waals surface area contributed by atoms with E-state index in [9.17, 15) is 0 Å². The molecule has 0 saturated carbocycles. The fraction of sp³-hybridized carbons (Fsp3) is 0.571. The van der Waals surface area contributed by atoms with Crippen LogP contribution in [-0.4, -0.2) is 19.3 Å². The van der Waals surface area contributed by atoms with Crippen LogP contribution in [0.15, 0.2) is 24.3 Å². The number of para-hydroxylation sites is 2. The number of ether oxygens (including phenoxy) is 2. The Morgan fingerprint density at radius 3 is 2.24 bits per heavy atom. The standard InChI is InChI=1S/C14H23NO2/c1-4-11(3)12(15)10-17-14-9-7-6-8-13(14)16-5-2/h6-9,11-12H,4-5,10,15H2,1-3H3. The van der Waals surface area contributed by atoms with Crippen LogP contribution in [0, 0.1) is 5.92 Å². The summed E-state index contributed by atoms with van der Waals surface area (Å²) in [6.07, 6.45) is 1.07. The Balaban J connectivity index is 2.56. The first-order chi connectivity index (χ1) is 8.19. The first kappa shape index (κ1) is 13.8. The molecule has 0 saturated heterocycles. The van der Waals surface area contributed by atoms with Crippen molar-refractivity contribution in [2.45, 2.75) is 33.2 Å². The molecule has 1 aromatic rings. The summed E-state index contributed by atoms with van der Waals surface area (Å²) in [6, 6.07) is 7.76. The highest BCUT2D eigenvalue weighted by Gasteiger charge is 2.12. The lowest BCUT2D eigenvalue weighted by Gasteiger charge is -2.19. The van der Waals surface area contributed by atoms with Gasteiger partial charge in [0.05, 0.1) is 6.61 Å². The van der Waals surface area contributed by atoms with Crippen molar-refractivity contribution < 1.29 is 9.47 Å².